The average molecular weight is 287 g/mol. The summed E-state index contributed by atoms with van der Waals surface area (Å²) in [6.45, 7) is 1.16. The van der Waals surface area contributed by atoms with Crippen LogP contribution >= 0.6 is 11.6 Å². The van der Waals surface area contributed by atoms with E-state index in [-0.39, 0.29) is 18.1 Å². The Hall–Kier alpha value is -1.11. The molecular weight excluding hydrogens is 268 g/mol. The van der Waals surface area contributed by atoms with Crippen LogP contribution in [0.4, 0.5) is 0 Å². The zero-order chi connectivity index (χ0) is 14.0. The van der Waals surface area contributed by atoms with Crippen LogP contribution in [0.2, 0.25) is 5.15 Å². The molecule has 1 fully saturated rings. The number of aromatic nitrogens is 2. The monoisotopic (exact) mass is 286 g/mol. The molecule has 1 N–H and O–H groups in total. The molecule has 1 aromatic rings. The van der Waals surface area contributed by atoms with E-state index < -0.39 is 0 Å². The van der Waals surface area contributed by atoms with Gasteiger partial charge in [0.05, 0.1) is 24.9 Å². The van der Waals surface area contributed by atoms with E-state index in [9.17, 15) is 4.79 Å². The van der Waals surface area contributed by atoms with Gasteiger partial charge in [-0.2, -0.15) is 0 Å². The van der Waals surface area contributed by atoms with Crippen molar-refractivity contribution in [2.24, 2.45) is 7.05 Å². The lowest BCUT2D eigenvalue weighted by molar-refractivity contribution is -0.132. The summed E-state index contributed by atoms with van der Waals surface area (Å²) in [5, 5.41) is 3.74. The lowest BCUT2D eigenvalue weighted by Gasteiger charge is -2.20. The molecule has 0 bridgehead atoms. The van der Waals surface area contributed by atoms with Crippen molar-refractivity contribution in [3.05, 3.63) is 17.2 Å². The number of amides is 1. The van der Waals surface area contributed by atoms with Crippen molar-refractivity contribution < 1.29 is 9.53 Å². The number of carbonyl (C=O) groups is 1. The van der Waals surface area contributed by atoms with Gasteiger partial charge in [-0.15, -0.1) is 0 Å². The van der Waals surface area contributed by atoms with Gasteiger partial charge in [-0.25, -0.2) is 4.98 Å². The van der Waals surface area contributed by atoms with Crippen LogP contribution in [0, 0.1) is 0 Å². The Balaban J connectivity index is 1.95. The minimum absolute atomic E-state index is 0.0543. The normalized spacial score (nSPS) is 22.7. The van der Waals surface area contributed by atoms with Crippen molar-refractivity contribution in [3.8, 4) is 0 Å². The maximum absolute atomic E-state index is 12.3. The van der Waals surface area contributed by atoms with Gasteiger partial charge in [0.15, 0.2) is 0 Å². The summed E-state index contributed by atoms with van der Waals surface area (Å²) in [4.78, 5) is 18.1. The smallest absolute Gasteiger partial charge is 0.239 e. The maximum atomic E-state index is 12.3. The lowest BCUT2D eigenvalue weighted by Crippen LogP contribution is -2.41. The summed E-state index contributed by atoms with van der Waals surface area (Å²) < 4.78 is 7.01. The second-order valence-corrected chi connectivity index (χ2v) is 5.19. The molecule has 1 aliphatic rings. The van der Waals surface area contributed by atoms with Gasteiger partial charge >= 0.3 is 0 Å². The largest absolute Gasteiger partial charge is 0.380 e. The molecule has 1 aromatic heterocycles. The Morgan fingerprint density at radius 1 is 1.74 bits per heavy atom. The third kappa shape index (κ3) is 3.08. The molecule has 0 aromatic carbocycles. The van der Waals surface area contributed by atoms with Crippen molar-refractivity contribution in [1.29, 1.82) is 0 Å². The van der Waals surface area contributed by atoms with Crippen LogP contribution < -0.4 is 5.32 Å². The second-order valence-electron chi connectivity index (χ2n) is 4.80. The molecule has 6 nitrogen and oxygen atoms in total. The molecule has 2 rings (SSSR count). The van der Waals surface area contributed by atoms with Crippen LogP contribution in [0.25, 0.3) is 0 Å². The summed E-state index contributed by atoms with van der Waals surface area (Å²) in [5.41, 5.74) is 0. The summed E-state index contributed by atoms with van der Waals surface area (Å²) in [5.74, 6) is 0.820. The van der Waals surface area contributed by atoms with Crippen molar-refractivity contribution in [1.82, 2.24) is 19.8 Å². The molecule has 1 amide bonds. The quantitative estimate of drug-likeness (QED) is 0.871. The van der Waals surface area contributed by atoms with E-state index in [0.29, 0.717) is 18.1 Å². The van der Waals surface area contributed by atoms with Crippen LogP contribution in [-0.4, -0.2) is 53.2 Å². The third-order valence-corrected chi connectivity index (χ3v) is 3.86. The molecule has 2 heterocycles. The van der Waals surface area contributed by atoms with Gasteiger partial charge in [-0.3, -0.25) is 4.79 Å². The van der Waals surface area contributed by atoms with Gasteiger partial charge in [-0.05, 0) is 6.42 Å². The molecular formula is C12H19ClN4O2. The van der Waals surface area contributed by atoms with E-state index in [0.717, 1.165) is 12.4 Å². The fraction of sp³-hybridized carbons (Fsp3) is 0.667. The van der Waals surface area contributed by atoms with E-state index in [2.05, 4.69) is 10.3 Å². The number of imidazole rings is 1. The Kier molecular flexibility index (Phi) is 4.44. The van der Waals surface area contributed by atoms with E-state index >= 15 is 0 Å². The first-order chi connectivity index (χ1) is 9.02. The van der Waals surface area contributed by atoms with Crippen molar-refractivity contribution in [2.75, 3.05) is 20.7 Å². The standard InChI is InChI=1S/C12H19ClN4O2/c1-16(7-11-15-6-10(13)17(11)2)12(18)9-4-8(19-3)5-14-9/h6,8-9,14H,4-5,7H2,1-3H3/t8-,9-/m1/s1. The van der Waals surface area contributed by atoms with Gasteiger partial charge in [0, 0.05) is 27.7 Å². The predicted octanol–water partition coefficient (Wildman–Crippen LogP) is 0.409. The molecule has 0 spiro atoms. The highest BCUT2D eigenvalue weighted by atomic mass is 35.5. The van der Waals surface area contributed by atoms with Crippen molar-refractivity contribution >= 4 is 17.5 Å². The number of carbonyl (C=O) groups excluding carboxylic acids is 1. The van der Waals surface area contributed by atoms with Crippen molar-refractivity contribution in [3.63, 3.8) is 0 Å². The molecule has 0 aliphatic carbocycles. The Morgan fingerprint density at radius 3 is 3.00 bits per heavy atom. The topological polar surface area (TPSA) is 59.4 Å². The number of ether oxygens (including phenoxy) is 1. The number of methoxy groups -OCH3 is 1. The zero-order valence-corrected chi connectivity index (χ0v) is 12.1. The highest BCUT2D eigenvalue weighted by molar-refractivity contribution is 6.29. The van der Waals surface area contributed by atoms with Gasteiger partial charge in [-0.1, -0.05) is 11.6 Å². The second kappa shape index (κ2) is 5.90. The minimum Gasteiger partial charge on any atom is -0.380 e. The summed E-state index contributed by atoms with van der Waals surface area (Å²) in [7, 11) is 5.27. The predicted molar refractivity (Wildman–Crippen MR) is 71.9 cm³/mol. The number of hydrogen-bond acceptors (Lipinski definition) is 4. The molecule has 7 heteroatoms. The molecule has 1 saturated heterocycles. The summed E-state index contributed by atoms with van der Waals surface area (Å²) in [6, 6.07) is -0.175. The van der Waals surface area contributed by atoms with Crippen LogP contribution in [0.3, 0.4) is 0 Å². The van der Waals surface area contributed by atoms with Crippen LogP contribution in [-0.2, 0) is 23.1 Å². The van der Waals surface area contributed by atoms with Crippen LogP contribution in [0.5, 0.6) is 0 Å². The minimum atomic E-state index is -0.175. The highest BCUT2D eigenvalue weighted by Gasteiger charge is 2.31. The van der Waals surface area contributed by atoms with Gasteiger partial charge in [0.1, 0.15) is 11.0 Å². The summed E-state index contributed by atoms with van der Waals surface area (Å²) >= 11 is 5.93. The number of nitrogens with zero attached hydrogens (tertiary/aromatic N) is 3. The summed E-state index contributed by atoms with van der Waals surface area (Å²) in [6.07, 6.45) is 2.41. The number of nitrogens with one attached hydrogen (secondary N) is 1. The Bertz CT molecular complexity index is 463. The van der Waals surface area contributed by atoms with Gasteiger partial charge in [0.2, 0.25) is 5.91 Å². The number of hydrogen-bond donors (Lipinski definition) is 1. The highest BCUT2D eigenvalue weighted by Crippen LogP contribution is 2.14. The molecule has 19 heavy (non-hydrogen) atoms. The first-order valence-electron chi connectivity index (χ1n) is 6.20. The molecule has 2 atom stereocenters. The lowest BCUT2D eigenvalue weighted by atomic mass is 10.2. The first-order valence-corrected chi connectivity index (χ1v) is 6.58. The maximum Gasteiger partial charge on any atom is 0.239 e. The van der Waals surface area contributed by atoms with E-state index in [1.165, 1.54) is 0 Å². The molecule has 1 aliphatic heterocycles. The molecule has 106 valence electrons. The van der Waals surface area contributed by atoms with Crippen LogP contribution in [0.15, 0.2) is 6.20 Å². The molecule has 0 saturated carbocycles. The van der Waals surface area contributed by atoms with Gasteiger partial charge in [0.25, 0.3) is 0 Å². The van der Waals surface area contributed by atoms with Crippen LogP contribution in [0.1, 0.15) is 12.2 Å². The van der Waals surface area contributed by atoms with Crippen molar-refractivity contribution in [2.45, 2.75) is 25.1 Å². The molecule has 0 radical (unpaired) electrons. The SMILES string of the molecule is CO[C@H]1CN[C@@H](C(=O)N(C)Cc2ncc(Cl)n2C)C1. The Morgan fingerprint density at radius 2 is 2.47 bits per heavy atom. The van der Waals surface area contributed by atoms with Gasteiger partial charge < -0.3 is 19.5 Å². The number of likely N-dealkylation sites (N-methyl/N-ethyl adjacent to an activating group) is 1. The van der Waals surface area contributed by atoms with E-state index in [1.807, 2.05) is 7.05 Å². The molecule has 0 unspecified atom stereocenters. The van der Waals surface area contributed by atoms with E-state index in [4.69, 9.17) is 16.3 Å². The number of rotatable bonds is 4. The third-order valence-electron chi connectivity index (χ3n) is 3.50. The average Bonchev–Trinajstić information content (AvgIpc) is 3.00. The van der Waals surface area contributed by atoms with E-state index in [1.54, 1.807) is 29.8 Å². The Labute approximate surface area is 117 Å². The zero-order valence-electron chi connectivity index (χ0n) is 11.4. The fourth-order valence-corrected chi connectivity index (χ4v) is 2.34. The fourth-order valence-electron chi connectivity index (χ4n) is 2.20. The number of halogens is 1. The first kappa shape index (κ1) is 14.3.